The van der Waals surface area contributed by atoms with E-state index in [1.807, 2.05) is 19.1 Å². The molecule has 84 valence electrons. The van der Waals surface area contributed by atoms with Crippen LogP contribution in [0.15, 0.2) is 12.1 Å². The maximum Gasteiger partial charge on any atom is 0.122 e. The average Bonchev–Trinajstić information content (AvgIpc) is 2.23. The summed E-state index contributed by atoms with van der Waals surface area (Å²) in [7, 11) is 1.67. The predicted octanol–water partition coefficient (Wildman–Crippen LogP) is 2.99. The van der Waals surface area contributed by atoms with Crippen molar-refractivity contribution in [1.82, 2.24) is 5.32 Å². The van der Waals surface area contributed by atoms with Gasteiger partial charge in [-0.05, 0) is 36.6 Å². The number of ether oxygens (including phenoxy) is 1. The largest absolute Gasteiger partial charge is 0.496 e. The quantitative estimate of drug-likeness (QED) is 0.491. The monoisotopic (exact) mass is 247 g/mol. The van der Waals surface area contributed by atoms with Gasteiger partial charge in [-0.25, -0.2) is 0 Å². The van der Waals surface area contributed by atoms with E-state index in [0.29, 0.717) is 6.00 Å². The molecule has 0 aliphatic carbocycles. The van der Waals surface area contributed by atoms with Crippen molar-refractivity contribution < 1.29 is 4.74 Å². The van der Waals surface area contributed by atoms with Crippen LogP contribution in [0.4, 0.5) is 0 Å². The molecular formula is C11H15Cl2NO. The van der Waals surface area contributed by atoms with Gasteiger partial charge in [0.1, 0.15) is 5.75 Å². The van der Waals surface area contributed by atoms with Gasteiger partial charge in [-0.2, -0.15) is 0 Å². The van der Waals surface area contributed by atoms with Crippen LogP contribution in [0.25, 0.3) is 0 Å². The van der Waals surface area contributed by atoms with Gasteiger partial charge >= 0.3 is 0 Å². The molecule has 0 aliphatic heterocycles. The minimum Gasteiger partial charge on any atom is -0.496 e. The van der Waals surface area contributed by atoms with Gasteiger partial charge in [0.25, 0.3) is 0 Å². The molecular weight excluding hydrogens is 233 g/mol. The first-order chi connectivity index (χ1) is 7.19. The van der Waals surface area contributed by atoms with Crippen LogP contribution in [-0.4, -0.2) is 19.7 Å². The molecule has 15 heavy (non-hydrogen) atoms. The summed E-state index contributed by atoms with van der Waals surface area (Å²) in [6, 6.07) is 4.37. The van der Waals surface area contributed by atoms with Crippen molar-refractivity contribution in [2.24, 2.45) is 0 Å². The fraction of sp³-hybridized carbons (Fsp3) is 0.455. The van der Waals surface area contributed by atoms with E-state index < -0.39 is 0 Å². The smallest absolute Gasteiger partial charge is 0.122 e. The number of hydrogen-bond acceptors (Lipinski definition) is 2. The first kappa shape index (κ1) is 12.6. The van der Waals surface area contributed by atoms with Crippen LogP contribution < -0.4 is 10.1 Å². The van der Waals surface area contributed by atoms with E-state index in [1.165, 1.54) is 0 Å². The standard InChI is InChI=1S/C11H15Cl2NO/c1-8-5-11(15-2)9(6-10(8)13)3-4-14-7-12/h5-6,14H,3-4,7H2,1-2H3. The maximum absolute atomic E-state index is 6.05. The highest BCUT2D eigenvalue weighted by molar-refractivity contribution is 6.31. The molecule has 4 heteroatoms. The first-order valence-corrected chi connectivity index (χ1v) is 5.70. The highest BCUT2D eigenvalue weighted by Crippen LogP contribution is 2.26. The van der Waals surface area contributed by atoms with Gasteiger partial charge in [-0.15, -0.1) is 11.6 Å². The Morgan fingerprint density at radius 3 is 2.73 bits per heavy atom. The molecule has 1 aromatic rings. The molecule has 0 radical (unpaired) electrons. The fourth-order valence-electron chi connectivity index (χ4n) is 1.37. The molecule has 0 saturated heterocycles. The number of hydrogen-bond donors (Lipinski definition) is 1. The van der Waals surface area contributed by atoms with E-state index >= 15 is 0 Å². The molecule has 0 atom stereocenters. The van der Waals surface area contributed by atoms with Gasteiger partial charge in [0.05, 0.1) is 13.1 Å². The zero-order valence-electron chi connectivity index (χ0n) is 8.94. The van der Waals surface area contributed by atoms with Crippen LogP contribution in [0, 0.1) is 6.92 Å². The molecule has 0 spiro atoms. The number of aryl methyl sites for hydroxylation is 1. The summed E-state index contributed by atoms with van der Waals surface area (Å²) in [5, 5.41) is 3.82. The SMILES string of the molecule is COc1cc(C)c(Cl)cc1CCNCCl. The molecule has 2 nitrogen and oxygen atoms in total. The minimum absolute atomic E-state index is 0.460. The number of alkyl halides is 1. The Hall–Kier alpha value is -0.440. The van der Waals surface area contributed by atoms with Crippen molar-refractivity contribution in [1.29, 1.82) is 0 Å². The number of methoxy groups -OCH3 is 1. The van der Waals surface area contributed by atoms with Gasteiger partial charge in [-0.3, -0.25) is 0 Å². The number of halogens is 2. The van der Waals surface area contributed by atoms with Crippen LogP contribution in [0.3, 0.4) is 0 Å². The van der Waals surface area contributed by atoms with Gasteiger partial charge in [-0.1, -0.05) is 11.6 Å². The average molecular weight is 248 g/mol. The van der Waals surface area contributed by atoms with Crippen molar-refractivity contribution in [3.8, 4) is 5.75 Å². The van der Waals surface area contributed by atoms with Crippen LogP contribution in [0.2, 0.25) is 5.02 Å². The molecule has 1 rings (SSSR count). The number of nitrogens with one attached hydrogen (secondary N) is 1. The number of rotatable bonds is 5. The van der Waals surface area contributed by atoms with Crippen molar-refractivity contribution >= 4 is 23.2 Å². The molecule has 0 fully saturated rings. The van der Waals surface area contributed by atoms with E-state index in [9.17, 15) is 0 Å². The summed E-state index contributed by atoms with van der Waals surface area (Å²) in [4.78, 5) is 0. The van der Waals surface area contributed by atoms with Crippen molar-refractivity contribution in [2.45, 2.75) is 13.3 Å². The fourth-order valence-corrected chi connectivity index (χ4v) is 1.69. The van der Waals surface area contributed by atoms with Gasteiger partial charge in [0, 0.05) is 11.6 Å². The Kier molecular flexibility index (Phi) is 5.23. The van der Waals surface area contributed by atoms with E-state index in [0.717, 1.165) is 34.9 Å². The lowest BCUT2D eigenvalue weighted by Gasteiger charge is -2.10. The Morgan fingerprint density at radius 2 is 2.13 bits per heavy atom. The summed E-state index contributed by atoms with van der Waals surface area (Å²) in [5.74, 6) is 0.883. The maximum atomic E-state index is 6.05. The normalized spacial score (nSPS) is 10.4. The second kappa shape index (κ2) is 6.21. The zero-order chi connectivity index (χ0) is 11.3. The Labute approximate surface area is 101 Å². The van der Waals surface area contributed by atoms with Gasteiger partial charge in [0.2, 0.25) is 0 Å². The third-order valence-electron chi connectivity index (χ3n) is 2.23. The Morgan fingerprint density at radius 1 is 1.40 bits per heavy atom. The summed E-state index contributed by atoms with van der Waals surface area (Å²) >= 11 is 11.6. The van der Waals surface area contributed by atoms with Crippen LogP contribution in [-0.2, 0) is 6.42 Å². The molecule has 0 aromatic heterocycles. The molecule has 0 bridgehead atoms. The summed E-state index contributed by atoms with van der Waals surface area (Å²) in [6.45, 7) is 2.78. The Bertz CT molecular complexity index is 329. The van der Waals surface area contributed by atoms with Gasteiger partial charge < -0.3 is 10.1 Å². The molecule has 0 heterocycles. The lowest BCUT2D eigenvalue weighted by Crippen LogP contribution is -2.15. The summed E-state index contributed by atoms with van der Waals surface area (Å²) < 4.78 is 5.29. The van der Waals surface area contributed by atoms with Gasteiger partial charge in [0.15, 0.2) is 0 Å². The third kappa shape index (κ3) is 3.56. The molecule has 1 aromatic carbocycles. The third-order valence-corrected chi connectivity index (χ3v) is 2.82. The zero-order valence-corrected chi connectivity index (χ0v) is 10.5. The van der Waals surface area contributed by atoms with Crippen LogP contribution >= 0.6 is 23.2 Å². The van der Waals surface area contributed by atoms with Crippen molar-refractivity contribution in [3.63, 3.8) is 0 Å². The van der Waals surface area contributed by atoms with Crippen molar-refractivity contribution in [3.05, 3.63) is 28.3 Å². The van der Waals surface area contributed by atoms with E-state index in [-0.39, 0.29) is 0 Å². The van der Waals surface area contributed by atoms with Crippen LogP contribution in [0.1, 0.15) is 11.1 Å². The Balaban J connectivity index is 2.80. The van der Waals surface area contributed by atoms with Crippen molar-refractivity contribution in [2.75, 3.05) is 19.7 Å². The minimum atomic E-state index is 0.460. The lowest BCUT2D eigenvalue weighted by atomic mass is 10.1. The van der Waals surface area contributed by atoms with E-state index in [4.69, 9.17) is 27.9 Å². The topological polar surface area (TPSA) is 21.3 Å². The summed E-state index contributed by atoms with van der Waals surface area (Å²) in [5.41, 5.74) is 2.13. The first-order valence-electron chi connectivity index (χ1n) is 4.78. The second-order valence-corrected chi connectivity index (χ2v) is 3.97. The molecule has 0 amide bonds. The molecule has 0 saturated carbocycles. The molecule has 0 aliphatic rings. The highest BCUT2D eigenvalue weighted by Gasteiger charge is 2.06. The highest BCUT2D eigenvalue weighted by atomic mass is 35.5. The predicted molar refractivity (Wildman–Crippen MR) is 65.2 cm³/mol. The second-order valence-electron chi connectivity index (χ2n) is 3.30. The van der Waals surface area contributed by atoms with E-state index in [2.05, 4.69) is 5.32 Å². The lowest BCUT2D eigenvalue weighted by molar-refractivity contribution is 0.409. The number of benzene rings is 1. The van der Waals surface area contributed by atoms with Crippen LogP contribution in [0.5, 0.6) is 5.75 Å². The van der Waals surface area contributed by atoms with E-state index in [1.54, 1.807) is 7.11 Å². The summed E-state index contributed by atoms with van der Waals surface area (Å²) in [6.07, 6.45) is 0.857. The molecule has 1 N–H and O–H groups in total. The molecule has 0 unspecified atom stereocenters.